The first kappa shape index (κ1) is 21.7. The van der Waals surface area contributed by atoms with Crippen molar-refractivity contribution in [1.29, 1.82) is 0 Å². The minimum atomic E-state index is -0.208. The highest BCUT2D eigenvalue weighted by molar-refractivity contribution is 5.99. The van der Waals surface area contributed by atoms with Gasteiger partial charge in [0.1, 0.15) is 11.5 Å². The molecular formula is C23H29N5O4. The van der Waals surface area contributed by atoms with Crippen LogP contribution in [0, 0.1) is 12.3 Å². The first-order valence-corrected chi connectivity index (χ1v) is 10.8. The van der Waals surface area contributed by atoms with E-state index in [0.717, 1.165) is 24.4 Å². The molecule has 32 heavy (non-hydrogen) atoms. The van der Waals surface area contributed by atoms with E-state index < -0.39 is 0 Å². The average molecular weight is 440 g/mol. The molecule has 1 saturated heterocycles. The van der Waals surface area contributed by atoms with Crippen molar-refractivity contribution in [1.82, 2.24) is 15.2 Å². The highest BCUT2D eigenvalue weighted by Crippen LogP contribution is 2.39. The van der Waals surface area contributed by atoms with Crippen molar-refractivity contribution in [3.8, 4) is 5.75 Å². The van der Waals surface area contributed by atoms with Crippen molar-refractivity contribution in [3.63, 3.8) is 0 Å². The molecule has 1 aromatic carbocycles. The molecule has 0 spiro atoms. The number of aromatic nitrogens is 2. The second-order valence-electron chi connectivity index (χ2n) is 9.18. The number of hydrogen-bond acceptors (Lipinski definition) is 8. The summed E-state index contributed by atoms with van der Waals surface area (Å²) in [5.74, 6) is 1.94. The van der Waals surface area contributed by atoms with Gasteiger partial charge in [0, 0.05) is 13.1 Å². The number of anilines is 3. The maximum Gasteiger partial charge on any atom is 0.257 e. The van der Waals surface area contributed by atoms with Crippen LogP contribution < -0.4 is 10.6 Å². The van der Waals surface area contributed by atoms with E-state index in [2.05, 4.69) is 41.7 Å². The van der Waals surface area contributed by atoms with Gasteiger partial charge in [-0.1, -0.05) is 26.8 Å². The van der Waals surface area contributed by atoms with Gasteiger partial charge in [0.15, 0.2) is 5.75 Å². The number of likely N-dealkylation sites (tertiary alicyclic amines) is 1. The molecule has 3 aromatic rings. The lowest BCUT2D eigenvalue weighted by Crippen LogP contribution is -2.27. The zero-order valence-corrected chi connectivity index (χ0v) is 18.8. The quantitative estimate of drug-likeness (QED) is 0.467. The van der Waals surface area contributed by atoms with Crippen molar-refractivity contribution >= 4 is 23.2 Å². The number of nitrogens with zero attached hydrogens (tertiary/aromatic N) is 3. The number of phenols is 1. The predicted molar refractivity (Wildman–Crippen MR) is 120 cm³/mol. The number of para-hydroxylation sites is 1. The van der Waals surface area contributed by atoms with E-state index in [0.29, 0.717) is 30.4 Å². The first-order valence-electron chi connectivity index (χ1n) is 10.8. The van der Waals surface area contributed by atoms with E-state index in [4.69, 9.17) is 9.05 Å². The highest BCUT2D eigenvalue weighted by Gasteiger charge is 2.31. The molecule has 0 unspecified atom stereocenters. The Kier molecular flexibility index (Phi) is 5.82. The van der Waals surface area contributed by atoms with Gasteiger partial charge in [-0.3, -0.25) is 4.79 Å². The van der Waals surface area contributed by atoms with E-state index >= 15 is 0 Å². The Bertz CT molecular complexity index is 1090. The van der Waals surface area contributed by atoms with Gasteiger partial charge in [-0.05, 0) is 59.8 Å². The molecule has 170 valence electrons. The van der Waals surface area contributed by atoms with Crippen LogP contribution in [0.5, 0.6) is 5.75 Å². The van der Waals surface area contributed by atoms with E-state index in [9.17, 15) is 9.90 Å². The van der Waals surface area contributed by atoms with E-state index in [1.807, 2.05) is 19.1 Å². The van der Waals surface area contributed by atoms with Gasteiger partial charge >= 0.3 is 0 Å². The van der Waals surface area contributed by atoms with Gasteiger partial charge in [0.2, 0.25) is 11.6 Å². The number of carbonyl (C=O) groups is 1. The van der Waals surface area contributed by atoms with Crippen LogP contribution in [0.3, 0.4) is 0 Å². The molecular weight excluding hydrogens is 410 g/mol. The minimum Gasteiger partial charge on any atom is -0.505 e. The summed E-state index contributed by atoms with van der Waals surface area (Å²) < 4.78 is 10.8. The average Bonchev–Trinajstić information content (AvgIpc) is 3.49. The van der Waals surface area contributed by atoms with Crippen molar-refractivity contribution in [3.05, 3.63) is 47.4 Å². The number of carbonyl (C=O) groups excluding carboxylic acids is 1. The lowest BCUT2D eigenvalue weighted by atomic mass is 9.85. The Balaban J connectivity index is 1.58. The van der Waals surface area contributed by atoms with Crippen LogP contribution in [-0.4, -0.2) is 39.3 Å². The predicted octanol–water partition coefficient (Wildman–Crippen LogP) is 4.86. The number of furan rings is 1. The molecule has 1 aliphatic heterocycles. The number of benzene rings is 1. The normalized spacial score (nSPS) is 15.1. The SMILES string of the molecule is Cc1ccc([C@H](Nc2nonc2Nc2cccc(C(=O)N3CCCC3)c2O)C(C)(C)C)o1. The number of hydrogen-bond donors (Lipinski definition) is 3. The van der Waals surface area contributed by atoms with Crippen LogP contribution in [-0.2, 0) is 0 Å². The molecule has 3 heterocycles. The van der Waals surface area contributed by atoms with Crippen LogP contribution in [0.2, 0.25) is 0 Å². The number of amides is 1. The molecule has 9 nitrogen and oxygen atoms in total. The minimum absolute atomic E-state index is 0.132. The molecule has 1 amide bonds. The third-order valence-corrected chi connectivity index (χ3v) is 5.59. The number of aromatic hydroxyl groups is 1. The summed E-state index contributed by atoms with van der Waals surface area (Å²) in [5.41, 5.74) is 0.390. The Morgan fingerprint density at radius 2 is 1.84 bits per heavy atom. The number of phenolic OH excluding ortho intramolecular Hbond substituents is 1. The largest absolute Gasteiger partial charge is 0.505 e. The van der Waals surface area contributed by atoms with Gasteiger partial charge in [-0.25, -0.2) is 4.63 Å². The Morgan fingerprint density at radius 3 is 2.50 bits per heavy atom. The monoisotopic (exact) mass is 439 g/mol. The molecule has 9 heteroatoms. The Hall–Kier alpha value is -3.49. The van der Waals surface area contributed by atoms with Crippen molar-refractivity contribution in [2.45, 2.75) is 46.6 Å². The van der Waals surface area contributed by atoms with E-state index in [1.54, 1.807) is 23.1 Å². The Labute approximate surface area is 186 Å². The molecule has 1 fully saturated rings. The van der Waals surface area contributed by atoms with Gasteiger partial charge in [0.25, 0.3) is 5.91 Å². The Morgan fingerprint density at radius 1 is 1.12 bits per heavy atom. The third kappa shape index (κ3) is 4.42. The van der Waals surface area contributed by atoms with E-state index in [-0.39, 0.29) is 28.7 Å². The van der Waals surface area contributed by atoms with Gasteiger partial charge in [-0.2, -0.15) is 0 Å². The summed E-state index contributed by atoms with van der Waals surface area (Å²) in [6.07, 6.45) is 1.96. The standard InChI is InChI=1S/C23H29N5O4/c1-14-10-11-17(31-14)19(23(2,3)4)25-21-20(26-32-27-21)24-16-9-7-8-15(18(16)29)22(30)28-12-5-6-13-28/h7-11,19,29H,5-6,12-13H2,1-4H3,(H,24,26)(H,25,27)/t19-/m0/s1. The zero-order valence-electron chi connectivity index (χ0n) is 18.8. The van der Waals surface area contributed by atoms with Crippen molar-refractivity contribution in [2.75, 3.05) is 23.7 Å². The second-order valence-corrected chi connectivity index (χ2v) is 9.18. The molecule has 4 rings (SSSR count). The summed E-state index contributed by atoms with van der Waals surface area (Å²) in [6.45, 7) is 9.57. The second kappa shape index (κ2) is 8.57. The van der Waals surface area contributed by atoms with Crippen LogP contribution in [0.15, 0.2) is 39.4 Å². The van der Waals surface area contributed by atoms with Gasteiger partial charge in [0.05, 0.1) is 17.3 Å². The van der Waals surface area contributed by atoms with Crippen LogP contribution in [0.4, 0.5) is 17.3 Å². The van der Waals surface area contributed by atoms with Crippen LogP contribution in [0.25, 0.3) is 0 Å². The number of aryl methyl sites for hydroxylation is 1. The van der Waals surface area contributed by atoms with Gasteiger partial charge < -0.3 is 25.1 Å². The molecule has 0 aliphatic carbocycles. The topological polar surface area (TPSA) is 117 Å². The van der Waals surface area contributed by atoms with Crippen molar-refractivity contribution in [2.24, 2.45) is 5.41 Å². The van der Waals surface area contributed by atoms with Gasteiger partial charge in [-0.15, -0.1) is 0 Å². The smallest absolute Gasteiger partial charge is 0.257 e. The fourth-order valence-corrected chi connectivity index (χ4v) is 3.86. The first-order chi connectivity index (χ1) is 15.2. The fraction of sp³-hybridized carbons (Fsp3) is 0.435. The molecule has 1 atom stereocenters. The van der Waals surface area contributed by atoms with E-state index in [1.165, 1.54) is 0 Å². The van der Waals surface area contributed by atoms with Crippen molar-refractivity contribution < 1.29 is 18.9 Å². The summed E-state index contributed by atoms with van der Waals surface area (Å²) in [4.78, 5) is 14.5. The lowest BCUT2D eigenvalue weighted by Gasteiger charge is -2.29. The molecule has 1 aliphatic rings. The molecule has 0 bridgehead atoms. The zero-order chi connectivity index (χ0) is 22.9. The maximum absolute atomic E-state index is 12.8. The summed E-state index contributed by atoms with van der Waals surface area (Å²) >= 11 is 0. The molecule has 0 radical (unpaired) electrons. The number of rotatable bonds is 6. The third-order valence-electron chi connectivity index (χ3n) is 5.59. The summed E-state index contributed by atoms with van der Waals surface area (Å²) in [5, 5.41) is 25.1. The molecule has 0 saturated carbocycles. The molecule has 3 N–H and O–H groups in total. The lowest BCUT2D eigenvalue weighted by molar-refractivity contribution is 0.0790. The summed E-state index contributed by atoms with van der Waals surface area (Å²) in [6, 6.07) is 8.65. The fourth-order valence-electron chi connectivity index (χ4n) is 3.86. The number of nitrogens with one attached hydrogen (secondary N) is 2. The highest BCUT2D eigenvalue weighted by atomic mass is 16.6. The van der Waals surface area contributed by atoms with Crippen LogP contribution >= 0.6 is 0 Å². The maximum atomic E-state index is 12.8. The summed E-state index contributed by atoms with van der Waals surface area (Å²) in [7, 11) is 0. The van der Waals surface area contributed by atoms with Crippen LogP contribution in [0.1, 0.15) is 61.5 Å². The molecule has 2 aromatic heterocycles.